The van der Waals surface area contributed by atoms with Crippen LogP contribution in [0, 0.1) is 0 Å². The summed E-state index contributed by atoms with van der Waals surface area (Å²) in [7, 11) is 0. The quantitative estimate of drug-likeness (QED) is 0.840. The number of hydrogen-bond donors (Lipinski definition) is 1. The Morgan fingerprint density at radius 3 is 1.36 bits per heavy atom. The molecule has 0 atom stereocenters. The summed E-state index contributed by atoms with van der Waals surface area (Å²) in [6.07, 6.45) is 0. The van der Waals surface area contributed by atoms with Gasteiger partial charge in [0.2, 0.25) is 0 Å². The Kier molecular flexibility index (Phi) is 5.37. The molecule has 0 spiro atoms. The SMILES string of the molecule is [Ba+2].[H-].[H-].c1ccc(Nc2ccccc2)cc1. The van der Waals surface area contributed by atoms with Crippen molar-refractivity contribution in [3.8, 4) is 0 Å². The van der Waals surface area contributed by atoms with Crippen LogP contribution in [0.2, 0.25) is 0 Å². The van der Waals surface area contributed by atoms with Gasteiger partial charge in [-0.3, -0.25) is 0 Å². The van der Waals surface area contributed by atoms with Crippen molar-refractivity contribution < 1.29 is 2.85 Å². The third-order valence-corrected chi connectivity index (χ3v) is 1.84. The molecule has 2 aromatic carbocycles. The maximum Gasteiger partial charge on any atom is 2.00 e. The maximum absolute atomic E-state index is 3.30. The molecule has 0 amide bonds. The molecular weight excluding hydrogens is 295 g/mol. The minimum atomic E-state index is 0. The van der Waals surface area contributed by atoms with Crippen LogP contribution in [0.25, 0.3) is 0 Å². The van der Waals surface area contributed by atoms with Gasteiger partial charge in [0.1, 0.15) is 0 Å². The number of rotatable bonds is 2. The van der Waals surface area contributed by atoms with Crippen molar-refractivity contribution in [2.75, 3.05) is 5.32 Å². The summed E-state index contributed by atoms with van der Waals surface area (Å²) in [5, 5.41) is 3.30. The van der Waals surface area contributed by atoms with Crippen LogP contribution in [0.1, 0.15) is 2.85 Å². The van der Waals surface area contributed by atoms with E-state index in [0.717, 1.165) is 11.4 Å². The number of anilines is 2. The molecule has 0 fully saturated rings. The third-order valence-electron chi connectivity index (χ3n) is 1.84. The number of para-hydroxylation sites is 2. The fraction of sp³-hybridized carbons (Fsp3) is 0. The van der Waals surface area contributed by atoms with Gasteiger partial charge < -0.3 is 8.17 Å². The molecule has 0 aliphatic heterocycles. The monoisotopic (exact) mass is 309 g/mol. The molecule has 14 heavy (non-hydrogen) atoms. The Morgan fingerprint density at radius 1 is 0.643 bits per heavy atom. The number of nitrogens with one attached hydrogen (secondary N) is 1. The van der Waals surface area contributed by atoms with Crippen LogP contribution in [0.5, 0.6) is 0 Å². The Morgan fingerprint density at radius 2 is 1.00 bits per heavy atom. The van der Waals surface area contributed by atoms with Crippen LogP contribution in [-0.4, -0.2) is 48.9 Å². The number of benzene rings is 2. The van der Waals surface area contributed by atoms with E-state index in [2.05, 4.69) is 5.32 Å². The molecule has 0 saturated carbocycles. The Hall–Kier alpha value is -0.189. The first kappa shape index (κ1) is 11.9. The van der Waals surface area contributed by atoms with Crippen LogP contribution in [0.4, 0.5) is 11.4 Å². The third kappa shape index (κ3) is 3.52. The van der Waals surface area contributed by atoms with Crippen LogP contribution in [-0.2, 0) is 0 Å². The largest absolute Gasteiger partial charge is 2.00 e. The van der Waals surface area contributed by atoms with Crippen molar-refractivity contribution >= 4 is 60.3 Å². The Bertz CT molecular complexity index is 330. The summed E-state index contributed by atoms with van der Waals surface area (Å²) in [5.41, 5.74) is 2.24. The molecular formula is C12H13BaN. The molecule has 1 N–H and O–H groups in total. The zero-order valence-corrected chi connectivity index (χ0v) is 12.4. The fourth-order valence-electron chi connectivity index (χ4n) is 1.21. The first-order valence-corrected chi connectivity index (χ1v) is 4.32. The molecule has 2 aromatic rings. The van der Waals surface area contributed by atoms with Gasteiger partial charge in [0.05, 0.1) is 0 Å². The van der Waals surface area contributed by atoms with Crippen LogP contribution in [0.3, 0.4) is 0 Å². The Labute approximate surface area is 128 Å². The molecule has 0 radical (unpaired) electrons. The van der Waals surface area contributed by atoms with Gasteiger partial charge in [-0.25, -0.2) is 0 Å². The van der Waals surface area contributed by atoms with Crippen molar-refractivity contribution in [1.82, 2.24) is 0 Å². The van der Waals surface area contributed by atoms with E-state index in [1.165, 1.54) is 0 Å². The van der Waals surface area contributed by atoms with E-state index >= 15 is 0 Å². The van der Waals surface area contributed by atoms with E-state index in [-0.39, 0.29) is 51.7 Å². The maximum atomic E-state index is 3.30. The normalized spacial score (nSPS) is 8.86. The van der Waals surface area contributed by atoms with Crippen molar-refractivity contribution in [2.45, 2.75) is 0 Å². The standard InChI is InChI=1S/C12H11N.Ba.2H/c1-3-7-11(8-4-1)13-12-9-5-2-6-10-12;;;/h1-10,13H;;;/q;+2;2*-1. The second kappa shape index (κ2) is 6.32. The van der Waals surface area contributed by atoms with Gasteiger partial charge in [0, 0.05) is 11.4 Å². The Balaban J connectivity index is 0. The van der Waals surface area contributed by atoms with Gasteiger partial charge in [0.15, 0.2) is 0 Å². The van der Waals surface area contributed by atoms with Crippen molar-refractivity contribution in [3.05, 3.63) is 60.7 Å². The first-order valence-electron chi connectivity index (χ1n) is 4.32. The summed E-state index contributed by atoms with van der Waals surface area (Å²) in [6.45, 7) is 0. The second-order valence-electron chi connectivity index (χ2n) is 2.86. The molecule has 0 bridgehead atoms. The van der Waals surface area contributed by atoms with Crippen molar-refractivity contribution in [1.29, 1.82) is 0 Å². The molecule has 0 saturated heterocycles. The van der Waals surface area contributed by atoms with Crippen molar-refractivity contribution in [2.24, 2.45) is 0 Å². The fourth-order valence-corrected chi connectivity index (χ4v) is 1.21. The van der Waals surface area contributed by atoms with Gasteiger partial charge >= 0.3 is 48.9 Å². The molecule has 1 nitrogen and oxygen atoms in total. The summed E-state index contributed by atoms with van der Waals surface area (Å²) >= 11 is 0. The van der Waals surface area contributed by atoms with Gasteiger partial charge in [-0.15, -0.1) is 0 Å². The van der Waals surface area contributed by atoms with E-state index < -0.39 is 0 Å². The van der Waals surface area contributed by atoms with Crippen molar-refractivity contribution in [3.63, 3.8) is 0 Å². The van der Waals surface area contributed by atoms with Gasteiger partial charge in [0.25, 0.3) is 0 Å². The molecule has 0 aliphatic rings. The molecule has 2 rings (SSSR count). The zero-order chi connectivity index (χ0) is 8.93. The summed E-state index contributed by atoms with van der Waals surface area (Å²) in [6, 6.07) is 20.3. The predicted octanol–water partition coefficient (Wildman–Crippen LogP) is 3.27. The van der Waals surface area contributed by atoms with E-state index in [9.17, 15) is 0 Å². The minimum Gasteiger partial charge on any atom is -1.00 e. The zero-order valence-electron chi connectivity index (χ0n) is 9.98. The number of hydrogen-bond acceptors (Lipinski definition) is 1. The first-order chi connectivity index (χ1) is 6.45. The second-order valence-corrected chi connectivity index (χ2v) is 2.86. The molecule has 2 heteroatoms. The summed E-state index contributed by atoms with van der Waals surface area (Å²) in [5.74, 6) is 0. The van der Waals surface area contributed by atoms with E-state index in [1.807, 2.05) is 60.7 Å². The summed E-state index contributed by atoms with van der Waals surface area (Å²) < 4.78 is 0. The minimum absolute atomic E-state index is 0. The van der Waals surface area contributed by atoms with E-state index in [0.29, 0.717) is 0 Å². The smallest absolute Gasteiger partial charge is 1.00 e. The van der Waals surface area contributed by atoms with Gasteiger partial charge in [-0.2, -0.15) is 0 Å². The average Bonchev–Trinajstić information content (AvgIpc) is 2.21. The topological polar surface area (TPSA) is 12.0 Å². The average molecular weight is 309 g/mol. The molecule has 0 unspecified atom stereocenters. The molecule has 68 valence electrons. The van der Waals surface area contributed by atoms with Crippen LogP contribution < -0.4 is 5.32 Å². The van der Waals surface area contributed by atoms with Crippen LogP contribution >= 0.6 is 0 Å². The van der Waals surface area contributed by atoms with Gasteiger partial charge in [-0.05, 0) is 24.3 Å². The molecule has 0 heterocycles. The summed E-state index contributed by atoms with van der Waals surface area (Å²) in [4.78, 5) is 0. The van der Waals surface area contributed by atoms with E-state index in [1.54, 1.807) is 0 Å². The predicted molar refractivity (Wildman–Crippen MR) is 64.1 cm³/mol. The van der Waals surface area contributed by atoms with E-state index in [4.69, 9.17) is 0 Å². The van der Waals surface area contributed by atoms with Gasteiger partial charge in [-0.1, -0.05) is 36.4 Å². The van der Waals surface area contributed by atoms with Crippen LogP contribution in [0.15, 0.2) is 60.7 Å². The molecule has 0 aromatic heterocycles. The molecule has 0 aliphatic carbocycles.